The Labute approximate surface area is 200 Å². The minimum Gasteiger partial charge on any atom is -0.274 e. The number of imidazole rings is 1. The van der Waals surface area contributed by atoms with Crippen molar-refractivity contribution in [3.8, 4) is 22.3 Å². The first-order chi connectivity index (χ1) is 17.3. The van der Waals surface area contributed by atoms with Gasteiger partial charge in [0.25, 0.3) is 0 Å². The molecule has 0 N–H and O–H groups in total. The third-order valence-electron chi connectivity index (χ3n) is 7.93. The van der Waals surface area contributed by atoms with Crippen LogP contribution in [0.4, 0.5) is 0 Å². The summed E-state index contributed by atoms with van der Waals surface area (Å²) in [5.74, 6) is 0. The average molecular weight is 447 g/mol. The highest BCUT2D eigenvalue weighted by Crippen LogP contribution is 2.48. The summed E-state index contributed by atoms with van der Waals surface area (Å²) < 4.78 is 2.20. The second-order valence-corrected chi connectivity index (χ2v) is 9.71. The minimum absolute atomic E-state index is 0.923. The van der Waals surface area contributed by atoms with E-state index in [0.717, 1.165) is 40.6 Å². The number of benzene rings is 3. The molecule has 2 aliphatic carbocycles. The first-order valence-corrected chi connectivity index (χ1v) is 12.0. The fourth-order valence-corrected chi connectivity index (χ4v) is 6.47. The van der Waals surface area contributed by atoms with E-state index in [0.29, 0.717) is 0 Å². The van der Waals surface area contributed by atoms with Crippen molar-refractivity contribution < 1.29 is 0 Å². The van der Waals surface area contributed by atoms with E-state index in [4.69, 9.17) is 9.97 Å². The van der Waals surface area contributed by atoms with Gasteiger partial charge in [-0.3, -0.25) is 9.38 Å². The summed E-state index contributed by atoms with van der Waals surface area (Å²) in [5, 5.41) is 3.56. The molecule has 0 unspecified atom stereocenters. The Hall–Kier alpha value is -4.57. The lowest BCUT2D eigenvalue weighted by atomic mass is 9.94. The molecule has 0 amide bonds. The van der Waals surface area contributed by atoms with Gasteiger partial charge in [0, 0.05) is 23.2 Å². The van der Waals surface area contributed by atoms with Crippen molar-refractivity contribution in [3.63, 3.8) is 0 Å². The Morgan fingerprint density at radius 1 is 0.657 bits per heavy atom. The first kappa shape index (κ1) is 17.8. The van der Waals surface area contributed by atoms with Crippen LogP contribution in [0.25, 0.3) is 60.7 Å². The molecule has 0 atom stereocenters. The lowest BCUT2D eigenvalue weighted by molar-refractivity contribution is 1.21. The van der Waals surface area contributed by atoms with Gasteiger partial charge in [-0.05, 0) is 87.0 Å². The number of nitrogens with zero attached hydrogens (tertiary/aromatic N) is 4. The first-order valence-electron chi connectivity index (χ1n) is 12.0. The Morgan fingerprint density at radius 3 is 2.57 bits per heavy atom. The van der Waals surface area contributed by atoms with Crippen LogP contribution in [-0.2, 0) is 12.8 Å². The van der Waals surface area contributed by atoms with Gasteiger partial charge in [0.05, 0.1) is 17.2 Å². The average Bonchev–Trinajstić information content (AvgIpc) is 3.58. The summed E-state index contributed by atoms with van der Waals surface area (Å²) in [6.45, 7) is 0. The van der Waals surface area contributed by atoms with E-state index in [2.05, 4.69) is 64.0 Å². The molecule has 4 heterocycles. The fraction of sp³-hybridized carbons (Fsp3) is 0.0645. The van der Waals surface area contributed by atoms with Gasteiger partial charge < -0.3 is 0 Å². The number of fused-ring (bicyclic) bond motifs is 15. The van der Waals surface area contributed by atoms with Gasteiger partial charge in [-0.15, -0.1) is 0 Å². The fourth-order valence-electron chi connectivity index (χ4n) is 6.47. The maximum atomic E-state index is 5.14. The topological polar surface area (TPSA) is 43.1 Å². The molecular weight excluding hydrogens is 428 g/mol. The largest absolute Gasteiger partial charge is 0.274 e. The van der Waals surface area contributed by atoms with Crippen LogP contribution in [0, 0.1) is 0 Å². The third-order valence-corrected chi connectivity index (χ3v) is 7.93. The summed E-state index contributed by atoms with van der Waals surface area (Å²) in [6.07, 6.45) is 7.56. The molecule has 0 aliphatic heterocycles. The smallest absolute Gasteiger partial charge is 0.148 e. The summed E-state index contributed by atoms with van der Waals surface area (Å²) in [7, 11) is 0. The van der Waals surface area contributed by atoms with E-state index in [1.807, 2.05) is 30.7 Å². The van der Waals surface area contributed by atoms with Gasteiger partial charge in [-0.2, -0.15) is 0 Å². The van der Waals surface area contributed by atoms with Gasteiger partial charge in [0.15, 0.2) is 0 Å². The molecule has 4 nitrogen and oxygen atoms in total. The molecule has 4 heteroatoms. The van der Waals surface area contributed by atoms with E-state index >= 15 is 0 Å². The Bertz CT molecular complexity index is 2070. The monoisotopic (exact) mass is 446 g/mol. The molecule has 4 aromatic heterocycles. The normalized spacial score (nSPS) is 13.5. The van der Waals surface area contributed by atoms with E-state index in [-0.39, 0.29) is 0 Å². The highest BCUT2D eigenvalue weighted by molar-refractivity contribution is 6.19. The second-order valence-electron chi connectivity index (χ2n) is 9.71. The Balaban J connectivity index is 1.48. The van der Waals surface area contributed by atoms with Crippen LogP contribution in [0.15, 0.2) is 85.3 Å². The van der Waals surface area contributed by atoms with Crippen molar-refractivity contribution >= 4 is 38.5 Å². The van der Waals surface area contributed by atoms with Crippen LogP contribution in [0.1, 0.15) is 22.3 Å². The Kier molecular flexibility index (Phi) is 3.11. The van der Waals surface area contributed by atoms with Crippen molar-refractivity contribution in [3.05, 3.63) is 108 Å². The molecule has 0 spiro atoms. The number of hydrogen-bond acceptors (Lipinski definition) is 3. The van der Waals surface area contributed by atoms with Crippen molar-refractivity contribution in [2.24, 2.45) is 0 Å². The summed E-state index contributed by atoms with van der Waals surface area (Å²) in [6, 6.07) is 24.5. The molecule has 35 heavy (non-hydrogen) atoms. The van der Waals surface area contributed by atoms with Gasteiger partial charge in [-0.25, -0.2) is 9.97 Å². The minimum atomic E-state index is 0.923. The maximum absolute atomic E-state index is 5.14. The van der Waals surface area contributed by atoms with Gasteiger partial charge in [0.2, 0.25) is 0 Å². The SMILES string of the molecule is c1ccc2c(c1)Cc1cc3c(cc1-2)-c1c(ccc2c4cccnc4n4c5cnccc5nc4c12)C3. The molecule has 0 bridgehead atoms. The second kappa shape index (κ2) is 6.10. The standard InChI is InChI=1S/C31H18N4/c1-2-5-21-17(4-1)12-19-14-20-13-18-7-8-22-23-6-3-10-33-30(23)35-27-16-32-11-9-26(27)34-31(35)29(22)28(18)25(20)15-24(19)21/h1-11,14-16H,12-13H2. The molecular formula is C31H18N4. The lowest BCUT2D eigenvalue weighted by Gasteiger charge is -2.13. The van der Waals surface area contributed by atoms with Crippen LogP contribution in [0.5, 0.6) is 0 Å². The van der Waals surface area contributed by atoms with Crippen LogP contribution < -0.4 is 0 Å². The molecule has 3 aromatic carbocycles. The van der Waals surface area contributed by atoms with E-state index in [1.54, 1.807) is 0 Å². The van der Waals surface area contributed by atoms with E-state index in [1.165, 1.54) is 55.3 Å². The zero-order valence-corrected chi connectivity index (χ0v) is 18.8. The highest BCUT2D eigenvalue weighted by atomic mass is 15.1. The molecule has 0 fully saturated rings. The van der Waals surface area contributed by atoms with Gasteiger partial charge in [-0.1, -0.05) is 42.5 Å². The van der Waals surface area contributed by atoms with Crippen molar-refractivity contribution in [1.82, 2.24) is 19.4 Å². The molecule has 162 valence electrons. The van der Waals surface area contributed by atoms with E-state index < -0.39 is 0 Å². The predicted octanol–water partition coefficient (Wildman–Crippen LogP) is 6.73. The molecule has 0 saturated heterocycles. The Morgan fingerprint density at radius 2 is 1.57 bits per heavy atom. The van der Waals surface area contributed by atoms with E-state index in [9.17, 15) is 0 Å². The maximum Gasteiger partial charge on any atom is 0.148 e. The molecule has 0 saturated carbocycles. The number of pyridine rings is 3. The number of hydrogen-bond donors (Lipinski definition) is 0. The highest BCUT2D eigenvalue weighted by Gasteiger charge is 2.28. The molecule has 9 rings (SSSR count). The van der Waals surface area contributed by atoms with Crippen LogP contribution in [-0.4, -0.2) is 19.4 Å². The predicted molar refractivity (Wildman–Crippen MR) is 140 cm³/mol. The van der Waals surface area contributed by atoms with Crippen molar-refractivity contribution in [2.75, 3.05) is 0 Å². The van der Waals surface area contributed by atoms with Gasteiger partial charge >= 0.3 is 0 Å². The summed E-state index contributed by atoms with van der Waals surface area (Å²) in [4.78, 5) is 14.3. The molecule has 2 aliphatic rings. The van der Waals surface area contributed by atoms with Crippen LogP contribution in [0.3, 0.4) is 0 Å². The zero-order valence-electron chi connectivity index (χ0n) is 18.8. The molecule has 0 radical (unpaired) electrons. The lowest BCUT2D eigenvalue weighted by Crippen LogP contribution is -1.96. The van der Waals surface area contributed by atoms with Crippen molar-refractivity contribution in [2.45, 2.75) is 12.8 Å². The third kappa shape index (κ3) is 2.15. The summed E-state index contributed by atoms with van der Waals surface area (Å²) in [5.41, 5.74) is 14.9. The molecule has 7 aromatic rings. The number of aromatic nitrogens is 4. The zero-order chi connectivity index (χ0) is 22.7. The van der Waals surface area contributed by atoms with Crippen molar-refractivity contribution in [1.29, 1.82) is 0 Å². The van der Waals surface area contributed by atoms with Gasteiger partial charge in [0.1, 0.15) is 11.3 Å². The van der Waals surface area contributed by atoms with Crippen LogP contribution >= 0.6 is 0 Å². The number of rotatable bonds is 0. The summed E-state index contributed by atoms with van der Waals surface area (Å²) >= 11 is 0. The van der Waals surface area contributed by atoms with Crippen LogP contribution in [0.2, 0.25) is 0 Å². The quantitative estimate of drug-likeness (QED) is 0.243.